The number of benzene rings is 1. The van der Waals surface area contributed by atoms with E-state index in [1.807, 2.05) is 25.1 Å². The van der Waals surface area contributed by atoms with Crippen molar-refractivity contribution < 1.29 is 14.3 Å². The first-order chi connectivity index (χ1) is 12.7. The number of fused-ring (bicyclic) bond motifs is 1. The third-order valence-corrected chi connectivity index (χ3v) is 4.56. The Hall–Kier alpha value is -2.31. The molecule has 1 aromatic heterocycles. The number of carbonyl (C=O) groups is 1. The smallest absolute Gasteiger partial charge is 0.411 e. The highest BCUT2D eigenvalue weighted by Gasteiger charge is 2.14. The molecule has 140 valence electrons. The highest BCUT2D eigenvalue weighted by Crippen LogP contribution is 2.30. The molecular weight excluding hydrogens is 330 g/mol. The van der Waals surface area contributed by atoms with Crippen molar-refractivity contribution in [1.29, 1.82) is 0 Å². The van der Waals surface area contributed by atoms with E-state index in [4.69, 9.17) is 9.47 Å². The second-order valence-electron chi connectivity index (χ2n) is 6.52. The normalized spacial score (nSPS) is 15.1. The van der Waals surface area contributed by atoms with E-state index in [0.717, 1.165) is 36.1 Å². The minimum absolute atomic E-state index is 0.351. The number of nitrogens with zero attached hydrogens (tertiary/aromatic N) is 1. The van der Waals surface area contributed by atoms with Gasteiger partial charge in [0.15, 0.2) is 0 Å². The topological polar surface area (TPSA) is 66.6 Å². The molecule has 0 atom stereocenters. The number of hydrogen-bond acceptors (Lipinski definition) is 4. The van der Waals surface area contributed by atoms with Crippen molar-refractivity contribution in [1.82, 2.24) is 9.88 Å². The van der Waals surface area contributed by atoms with E-state index in [-0.39, 0.29) is 0 Å². The van der Waals surface area contributed by atoms with Gasteiger partial charge in [0.2, 0.25) is 0 Å². The summed E-state index contributed by atoms with van der Waals surface area (Å²) < 4.78 is 10.4. The zero-order valence-corrected chi connectivity index (χ0v) is 15.5. The molecule has 0 spiro atoms. The SMILES string of the molecule is CCOCCCOC(=O)Nc1ccc2[nH]cc(C3=CCN(C)CC3)c2c1. The predicted octanol–water partition coefficient (Wildman–Crippen LogP) is 3.86. The molecule has 0 bridgehead atoms. The van der Waals surface area contributed by atoms with Crippen molar-refractivity contribution >= 4 is 28.3 Å². The zero-order chi connectivity index (χ0) is 18.4. The van der Waals surface area contributed by atoms with Gasteiger partial charge >= 0.3 is 6.09 Å². The van der Waals surface area contributed by atoms with Crippen LogP contribution in [0.5, 0.6) is 0 Å². The molecule has 3 rings (SSSR count). The number of anilines is 1. The first-order valence-corrected chi connectivity index (χ1v) is 9.18. The summed E-state index contributed by atoms with van der Waals surface area (Å²) in [5.41, 5.74) is 4.36. The fraction of sp³-hybridized carbons (Fsp3) is 0.450. The van der Waals surface area contributed by atoms with Gasteiger partial charge in [0.1, 0.15) is 0 Å². The van der Waals surface area contributed by atoms with E-state index in [9.17, 15) is 4.79 Å². The van der Waals surface area contributed by atoms with Gasteiger partial charge in [0.05, 0.1) is 6.61 Å². The monoisotopic (exact) mass is 357 g/mol. The first kappa shape index (κ1) is 18.5. The molecule has 26 heavy (non-hydrogen) atoms. The van der Waals surface area contributed by atoms with Gasteiger partial charge in [-0.15, -0.1) is 0 Å². The average Bonchev–Trinajstić information content (AvgIpc) is 3.05. The second-order valence-corrected chi connectivity index (χ2v) is 6.52. The summed E-state index contributed by atoms with van der Waals surface area (Å²) in [4.78, 5) is 17.6. The molecule has 0 saturated heterocycles. The molecule has 0 aliphatic carbocycles. The summed E-state index contributed by atoms with van der Waals surface area (Å²) in [6.45, 7) is 5.60. The van der Waals surface area contributed by atoms with Gasteiger partial charge < -0.3 is 19.4 Å². The Morgan fingerprint density at radius 2 is 2.23 bits per heavy atom. The van der Waals surface area contributed by atoms with Crippen LogP contribution in [0.4, 0.5) is 10.5 Å². The highest BCUT2D eigenvalue weighted by molar-refractivity contribution is 5.96. The Morgan fingerprint density at radius 3 is 3.00 bits per heavy atom. The largest absolute Gasteiger partial charge is 0.449 e. The summed E-state index contributed by atoms with van der Waals surface area (Å²) >= 11 is 0. The van der Waals surface area contributed by atoms with E-state index < -0.39 is 6.09 Å². The number of carbonyl (C=O) groups excluding carboxylic acids is 1. The number of likely N-dealkylation sites (N-methyl/N-ethyl adjacent to an activating group) is 1. The summed E-state index contributed by atoms with van der Waals surface area (Å²) in [5, 5.41) is 3.93. The lowest BCUT2D eigenvalue weighted by Gasteiger charge is -2.21. The van der Waals surface area contributed by atoms with Crippen molar-refractivity contribution in [2.75, 3.05) is 45.3 Å². The van der Waals surface area contributed by atoms with E-state index in [1.165, 1.54) is 11.1 Å². The van der Waals surface area contributed by atoms with Crippen molar-refractivity contribution in [2.45, 2.75) is 19.8 Å². The summed E-state index contributed by atoms with van der Waals surface area (Å²) in [5.74, 6) is 0. The Morgan fingerprint density at radius 1 is 1.35 bits per heavy atom. The maximum Gasteiger partial charge on any atom is 0.411 e. The summed E-state index contributed by atoms with van der Waals surface area (Å²) in [7, 11) is 2.13. The third-order valence-electron chi connectivity index (χ3n) is 4.56. The number of H-pyrrole nitrogens is 1. The lowest BCUT2D eigenvalue weighted by atomic mass is 9.99. The van der Waals surface area contributed by atoms with Crippen LogP contribution >= 0.6 is 0 Å². The van der Waals surface area contributed by atoms with Crippen molar-refractivity contribution in [2.24, 2.45) is 0 Å². The molecule has 0 fully saturated rings. The number of hydrogen-bond donors (Lipinski definition) is 2. The molecule has 1 amide bonds. The minimum atomic E-state index is -0.434. The lowest BCUT2D eigenvalue weighted by Crippen LogP contribution is -2.23. The van der Waals surface area contributed by atoms with Crippen LogP contribution < -0.4 is 5.32 Å². The van der Waals surface area contributed by atoms with Crippen LogP contribution in [0.15, 0.2) is 30.5 Å². The van der Waals surface area contributed by atoms with Crippen LogP contribution in [0.2, 0.25) is 0 Å². The first-order valence-electron chi connectivity index (χ1n) is 9.18. The Bertz CT molecular complexity index is 782. The lowest BCUT2D eigenvalue weighted by molar-refractivity contribution is 0.113. The summed E-state index contributed by atoms with van der Waals surface area (Å²) in [6, 6.07) is 5.87. The van der Waals surface area contributed by atoms with Gasteiger partial charge in [0.25, 0.3) is 0 Å². The summed E-state index contributed by atoms with van der Waals surface area (Å²) in [6.07, 6.45) is 5.63. The van der Waals surface area contributed by atoms with Crippen LogP contribution in [0.25, 0.3) is 16.5 Å². The number of aromatic nitrogens is 1. The number of aromatic amines is 1. The Kier molecular flexibility index (Phi) is 6.30. The van der Waals surface area contributed by atoms with Gasteiger partial charge in [0, 0.05) is 61.1 Å². The maximum absolute atomic E-state index is 11.9. The van der Waals surface area contributed by atoms with E-state index in [0.29, 0.717) is 26.2 Å². The molecule has 1 aromatic carbocycles. The highest BCUT2D eigenvalue weighted by atomic mass is 16.5. The predicted molar refractivity (Wildman–Crippen MR) is 104 cm³/mol. The van der Waals surface area contributed by atoms with E-state index in [2.05, 4.69) is 34.5 Å². The van der Waals surface area contributed by atoms with E-state index >= 15 is 0 Å². The molecule has 6 heteroatoms. The Balaban J connectivity index is 1.65. The molecule has 0 unspecified atom stereocenters. The van der Waals surface area contributed by atoms with Crippen molar-refractivity contribution in [3.63, 3.8) is 0 Å². The second kappa shape index (κ2) is 8.87. The third kappa shape index (κ3) is 4.65. The number of ether oxygens (including phenoxy) is 2. The molecule has 2 aromatic rings. The fourth-order valence-electron chi connectivity index (χ4n) is 3.10. The molecule has 0 saturated carbocycles. The van der Waals surface area contributed by atoms with Crippen LogP contribution in [0.1, 0.15) is 25.3 Å². The van der Waals surface area contributed by atoms with Gasteiger partial charge in [-0.1, -0.05) is 6.08 Å². The van der Waals surface area contributed by atoms with Crippen LogP contribution in [0.3, 0.4) is 0 Å². The molecule has 0 radical (unpaired) electrons. The molecular formula is C20H27N3O3. The molecule has 1 aliphatic rings. The average molecular weight is 357 g/mol. The molecule has 6 nitrogen and oxygen atoms in total. The van der Waals surface area contributed by atoms with Gasteiger partial charge in [-0.3, -0.25) is 5.32 Å². The minimum Gasteiger partial charge on any atom is -0.449 e. The van der Waals surface area contributed by atoms with Crippen LogP contribution in [-0.4, -0.2) is 55.9 Å². The van der Waals surface area contributed by atoms with Gasteiger partial charge in [-0.25, -0.2) is 4.79 Å². The number of rotatable bonds is 7. The van der Waals surface area contributed by atoms with Crippen molar-refractivity contribution in [3.05, 3.63) is 36.0 Å². The maximum atomic E-state index is 11.9. The molecule has 2 heterocycles. The van der Waals surface area contributed by atoms with Gasteiger partial charge in [-0.05, 0) is 44.2 Å². The van der Waals surface area contributed by atoms with Crippen LogP contribution in [0, 0.1) is 0 Å². The van der Waals surface area contributed by atoms with Crippen LogP contribution in [-0.2, 0) is 9.47 Å². The zero-order valence-electron chi connectivity index (χ0n) is 15.5. The van der Waals surface area contributed by atoms with Gasteiger partial charge in [-0.2, -0.15) is 0 Å². The standard InChI is InChI=1S/C20H27N3O3/c1-3-25-11-4-12-26-20(24)22-16-5-6-19-17(13-16)18(14-21-19)15-7-9-23(2)10-8-15/h5-7,13-14,21H,3-4,8-12H2,1-2H3,(H,22,24). The fourth-order valence-corrected chi connectivity index (χ4v) is 3.10. The quantitative estimate of drug-likeness (QED) is 0.739. The van der Waals surface area contributed by atoms with Crippen molar-refractivity contribution in [3.8, 4) is 0 Å². The molecule has 1 aliphatic heterocycles. The molecule has 2 N–H and O–H groups in total. The van der Waals surface area contributed by atoms with E-state index in [1.54, 1.807) is 0 Å². The number of nitrogens with one attached hydrogen (secondary N) is 2. The number of amides is 1. The Labute approximate surface area is 154 Å².